The Morgan fingerprint density at radius 3 is 2.68 bits per heavy atom. The predicted molar refractivity (Wildman–Crippen MR) is 110 cm³/mol. The number of amides is 2. The standard InChI is InChI=1S/C21H25ClN4O2/c1-15-18(22)5-2-6-19(15)25-21(28)20(27)24-13-16-7-10-26(11-8-16)14-17-4-3-9-23-12-17/h2-6,9,12,16H,7-8,10-11,13-14H2,1H3,(H,24,27)(H,25,28). The SMILES string of the molecule is Cc1c(Cl)cccc1NC(=O)C(=O)NCC1CCN(Cc2cccnc2)CC1. The zero-order valence-corrected chi connectivity index (χ0v) is 16.7. The van der Waals surface area contributed by atoms with E-state index in [1.54, 1.807) is 31.3 Å². The van der Waals surface area contributed by atoms with E-state index < -0.39 is 11.8 Å². The first-order valence-corrected chi connectivity index (χ1v) is 9.86. The second-order valence-corrected chi connectivity index (χ2v) is 7.56. The summed E-state index contributed by atoms with van der Waals surface area (Å²) in [6, 6.07) is 9.24. The molecule has 3 rings (SSSR count). The van der Waals surface area contributed by atoms with Gasteiger partial charge < -0.3 is 10.6 Å². The van der Waals surface area contributed by atoms with E-state index in [1.807, 2.05) is 12.3 Å². The van der Waals surface area contributed by atoms with Crippen LogP contribution < -0.4 is 10.6 Å². The minimum absolute atomic E-state index is 0.384. The van der Waals surface area contributed by atoms with Crippen LogP contribution in [0.1, 0.15) is 24.0 Å². The highest BCUT2D eigenvalue weighted by Gasteiger charge is 2.21. The average molecular weight is 401 g/mol. The molecular formula is C21H25ClN4O2. The number of piperidine rings is 1. The fourth-order valence-electron chi connectivity index (χ4n) is 3.34. The Bertz CT molecular complexity index is 820. The van der Waals surface area contributed by atoms with Crippen molar-refractivity contribution < 1.29 is 9.59 Å². The molecule has 0 radical (unpaired) electrons. The van der Waals surface area contributed by atoms with E-state index in [4.69, 9.17) is 11.6 Å². The lowest BCUT2D eigenvalue weighted by molar-refractivity contribution is -0.136. The number of likely N-dealkylation sites (tertiary alicyclic amines) is 1. The van der Waals surface area contributed by atoms with E-state index >= 15 is 0 Å². The fraction of sp³-hybridized carbons (Fsp3) is 0.381. The van der Waals surface area contributed by atoms with Crippen molar-refractivity contribution in [2.24, 2.45) is 5.92 Å². The summed E-state index contributed by atoms with van der Waals surface area (Å²) in [6.45, 7) is 5.16. The minimum atomic E-state index is -0.667. The topological polar surface area (TPSA) is 74.3 Å². The first-order valence-electron chi connectivity index (χ1n) is 9.48. The summed E-state index contributed by atoms with van der Waals surface area (Å²) >= 11 is 6.04. The Hall–Kier alpha value is -2.44. The average Bonchev–Trinajstić information content (AvgIpc) is 2.71. The maximum absolute atomic E-state index is 12.1. The van der Waals surface area contributed by atoms with Crippen LogP contribution in [0.3, 0.4) is 0 Å². The number of hydrogen-bond acceptors (Lipinski definition) is 4. The first-order chi connectivity index (χ1) is 13.5. The summed E-state index contributed by atoms with van der Waals surface area (Å²) in [7, 11) is 0. The smallest absolute Gasteiger partial charge is 0.313 e. The number of carbonyl (C=O) groups is 2. The molecule has 0 aliphatic carbocycles. The third-order valence-corrected chi connectivity index (χ3v) is 5.52. The molecular weight excluding hydrogens is 376 g/mol. The van der Waals surface area contributed by atoms with Crippen molar-refractivity contribution in [2.45, 2.75) is 26.3 Å². The summed E-state index contributed by atoms with van der Waals surface area (Å²) in [6.07, 6.45) is 5.67. The van der Waals surface area contributed by atoms with E-state index in [2.05, 4.69) is 26.6 Å². The molecule has 6 nitrogen and oxygen atoms in total. The lowest BCUT2D eigenvalue weighted by Crippen LogP contribution is -2.41. The predicted octanol–water partition coefficient (Wildman–Crippen LogP) is 3.01. The van der Waals surface area contributed by atoms with Crippen molar-refractivity contribution >= 4 is 29.1 Å². The van der Waals surface area contributed by atoms with Gasteiger partial charge in [0.2, 0.25) is 0 Å². The maximum Gasteiger partial charge on any atom is 0.313 e. The Balaban J connectivity index is 1.40. The Morgan fingerprint density at radius 2 is 1.96 bits per heavy atom. The molecule has 2 amide bonds. The summed E-state index contributed by atoms with van der Waals surface area (Å²) in [5.41, 5.74) is 2.50. The molecule has 28 heavy (non-hydrogen) atoms. The molecule has 1 aliphatic rings. The van der Waals surface area contributed by atoms with Crippen molar-refractivity contribution in [2.75, 3.05) is 25.0 Å². The zero-order chi connectivity index (χ0) is 19.9. The van der Waals surface area contributed by atoms with Crippen LogP contribution in [0.4, 0.5) is 5.69 Å². The molecule has 2 heterocycles. The van der Waals surface area contributed by atoms with Crippen molar-refractivity contribution in [3.05, 3.63) is 58.9 Å². The van der Waals surface area contributed by atoms with Crippen LogP contribution in [-0.2, 0) is 16.1 Å². The highest BCUT2D eigenvalue weighted by molar-refractivity contribution is 6.40. The van der Waals surface area contributed by atoms with Crippen LogP contribution in [0.5, 0.6) is 0 Å². The molecule has 1 fully saturated rings. The summed E-state index contributed by atoms with van der Waals surface area (Å²) in [4.78, 5) is 30.8. The van der Waals surface area contributed by atoms with Crippen LogP contribution in [0.25, 0.3) is 0 Å². The molecule has 0 unspecified atom stereocenters. The maximum atomic E-state index is 12.1. The number of nitrogens with zero attached hydrogens (tertiary/aromatic N) is 2. The molecule has 1 aliphatic heterocycles. The number of hydrogen-bond donors (Lipinski definition) is 2. The van der Waals surface area contributed by atoms with Gasteiger partial charge in [0.05, 0.1) is 0 Å². The van der Waals surface area contributed by atoms with Gasteiger partial charge in [0.25, 0.3) is 0 Å². The van der Waals surface area contributed by atoms with Gasteiger partial charge in [-0.15, -0.1) is 0 Å². The second-order valence-electron chi connectivity index (χ2n) is 7.16. The molecule has 0 spiro atoms. The number of pyridine rings is 1. The quantitative estimate of drug-likeness (QED) is 0.756. The van der Waals surface area contributed by atoms with Gasteiger partial charge in [-0.3, -0.25) is 19.5 Å². The van der Waals surface area contributed by atoms with E-state index in [0.29, 0.717) is 23.2 Å². The number of benzene rings is 1. The molecule has 7 heteroatoms. The summed E-state index contributed by atoms with van der Waals surface area (Å²) in [5, 5.41) is 5.93. The first kappa shape index (κ1) is 20.3. The molecule has 2 aromatic rings. The van der Waals surface area contributed by atoms with Crippen molar-refractivity contribution in [1.82, 2.24) is 15.2 Å². The number of anilines is 1. The molecule has 0 saturated carbocycles. The monoisotopic (exact) mass is 400 g/mol. The molecule has 0 bridgehead atoms. The normalized spacial score (nSPS) is 15.2. The molecule has 2 N–H and O–H groups in total. The summed E-state index contributed by atoms with van der Waals surface area (Å²) in [5.74, 6) is -0.897. The van der Waals surface area contributed by atoms with Crippen molar-refractivity contribution in [3.8, 4) is 0 Å². The fourth-order valence-corrected chi connectivity index (χ4v) is 3.51. The largest absolute Gasteiger partial charge is 0.348 e. The van der Waals surface area contributed by atoms with Crippen LogP contribution in [0.15, 0.2) is 42.7 Å². The highest BCUT2D eigenvalue weighted by Crippen LogP contribution is 2.23. The van der Waals surface area contributed by atoms with Gasteiger partial charge in [0, 0.05) is 36.2 Å². The number of nitrogens with one attached hydrogen (secondary N) is 2. The molecule has 1 saturated heterocycles. The molecule has 0 atom stereocenters. The minimum Gasteiger partial charge on any atom is -0.348 e. The van der Waals surface area contributed by atoms with Gasteiger partial charge >= 0.3 is 11.8 Å². The Labute approximate surface area is 170 Å². The van der Waals surface area contributed by atoms with Gasteiger partial charge in [0.1, 0.15) is 0 Å². The van der Waals surface area contributed by atoms with Crippen LogP contribution in [0, 0.1) is 12.8 Å². The molecule has 148 valence electrons. The summed E-state index contributed by atoms with van der Waals surface area (Å²) < 4.78 is 0. The second kappa shape index (κ2) is 9.66. The van der Waals surface area contributed by atoms with Gasteiger partial charge in [-0.05, 0) is 68.1 Å². The third-order valence-electron chi connectivity index (χ3n) is 5.11. The van der Waals surface area contributed by atoms with Gasteiger partial charge in [-0.25, -0.2) is 0 Å². The molecule has 1 aromatic heterocycles. The van der Waals surface area contributed by atoms with Crippen molar-refractivity contribution in [1.29, 1.82) is 0 Å². The zero-order valence-electron chi connectivity index (χ0n) is 16.0. The van der Waals surface area contributed by atoms with Gasteiger partial charge in [0.15, 0.2) is 0 Å². The Kier molecular flexibility index (Phi) is 7.01. The van der Waals surface area contributed by atoms with Crippen LogP contribution in [-0.4, -0.2) is 41.3 Å². The number of carbonyl (C=O) groups excluding carboxylic acids is 2. The lowest BCUT2D eigenvalue weighted by Gasteiger charge is -2.31. The van der Waals surface area contributed by atoms with Gasteiger partial charge in [-0.1, -0.05) is 23.7 Å². The van der Waals surface area contributed by atoms with E-state index in [-0.39, 0.29) is 0 Å². The van der Waals surface area contributed by atoms with E-state index in [0.717, 1.165) is 38.0 Å². The van der Waals surface area contributed by atoms with Gasteiger partial charge in [-0.2, -0.15) is 0 Å². The van der Waals surface area contributed by atoms with Crippen molar-refractivity contribution in [3.63, 3.8) is 0 Å². The third kappa shape index (κ3) is 5.53. The molecule has 1 aromatic carbocycles. The van der Waals surface area contributed by atoms with E-state index in [1.165, 1.54) is 5.56 Å². The highest BCUT2D eigenvalue weighted by atomic mass is 35.5. The van der Waals surface area contributed by atoms with E-state index in [9.17, 15) is 9.59 Å². The van der Waals surface area contributed by atoms with Crippen LogP contribution in [0.2, 0.25) is 5.02 Å². The lowest BCUT2D eigenvalue weighted by atomic mass is 9.96. The van der Waals surface area contributed by atoms with Crippen LogP contribution >= 0.6 is 11.6 Å². The number of rotatable bonds is 5. The number of aromatic nitrogens is 1. The number of halogens is 1. The Morgan fingerprint density at radius 1 is 1.18 bits per heavy atom.